The summed E-state index contributed by atoms with van der Waals surface area (Å²) in [6.07, 6.45) is 1.53. The molecule has 0 bridgehead atoms. The minimum Gasteiger partial charge on any atom is -0.467 e. The van der Waals surface area contributed by atoms with Gasteiger partial charge in [-0.25, -0.2) is 4.79 Å². The molecule has 0 aliphatic carbocycles. The van der Waals surface area contributed by atoms with Gasteiger partial charge in [-0.15, -0.1) is 0 Å². The van der Waals surface area contributed by atoms with Crippen molar-refractivity contribution in [2.75, 3.05) is 6.54 Å². The number of amides is 3. The summed E-state index contributed by atoms with van der Waals surface area (Å²) >= 11 is 5.77. The molecule has 0 aliphatic rings. The number of hydrogen-bond acceptors (Lipinski definition) is 3. The molecule has 22 heavy (non-hydrogen) atoms. The number of urea groups is 1. The van der Waals surface area contributed by atoms with Crippen LogP contribution in [0.15, 0.2) is 47.1 Å². The van der Waals surface area contributed by atoms with Gasteiger partial charge in [0, 0.05) is 11.6 Å². The van der Waals surface area contributed by atoms with E-state index in [4.69, 9.17) is 16.0 Å². The summed E-state index contributed by atoms with van der Waals surface area (Å²) in [5, 5.41) is 8.40. The number of rotatable bonds is 6. The first-order valence-corrected chi connectivity index (χ1v) is 7.06. The Balaban J connectivity index is 1.62. The largest absolute Gasteiger partial charge is 0.467 e. The fraction of sp³-hybridized carbons (Fsp3) is 0.200. The second kappa shape index (κ2) is 8.09. The third-order valence-corrected chi connectivity index (χ3v) is 3.07. The van der Waals surface area contributed by atoms with Gasteiger partial charge >= 0.3 is 6.03 Å². The molecule has 1 aromatic carbocycles. The average Bonchev–Trinajstić information content (AvgIpc) is 3.04. The van der Waals surface area contributed by atoms with Crippen LogP contribution in [0.3, 0.4) is 0 Å². The van der Waals surface area contributed by atoms with Crippen LogP contribution >= 0.6 is 11.6 Å². The molecule has 0 spiro atoms. The van der Waals surface area contributed by atoms with E-state index in [9.17, 15) is 9.59 Å². The van der Waals surface area contributed by atoms with E-state index in [-0.39, 0.29) is 12.5 Å². The summed E-state index contributed by atoms with van der Waals surface area (Å²) in [5.41, 5.74) is 0.918. The van der Waals surface area contributed by atoms with Crippen molar-refractivity contribution in [3.05, 3.63) is 59.0 Å². The molecule has 7 heteroatoms. The van der Waals surface area contributed by atoms with Crippen LogP contribution in [0, 0.1) is 0 Å². The van der Waals surface area contributed by atoms with Gasteiger partial charge in [-0.05, 0) is 29.8 Å². The molecular formula is C15H16ClN3O3. The lowest BCUT2D eigenvalue weighted by atomic mass is 10.2. The number of halogens is 1. The van der Waals surface area contributed by atoms with Crippen molar-refractivity contribution >= 4 is 23.5 Å². The number of carbonyl (C=O) groups is 2. The highest BCUT2D eigenvalue weighted by atomic mass is 35.5. The second-order valence-electron chi connectivity index (χ2n) is 4.52. The third-order valence-electron chi connectivity index (χ3n) is 2.82. The Labute approximate surface area is 132 Å². The molecule has 0 radical (unpaired) electrons. The van der Waals surface area contributed by atoms with Gasteiger partial charge in [-0.3, -0.25) is 4.79 Å². The van der Waals surface area contributed by atoms with Crippen molar-refractivity contribution in [3.8, 4) is 0 Å². The van der Waals surface area contributed by atoms with E-state index in [0.29, 0.717) is 23.9 Å². The zero-order chi connectivity index (χ0) is 15.8. The van der Waals surface area contributed by atoms with Gasteiger partial charge in [0.05, 0.1) is 19.4 Å². The summed E-state index contributed by atoms with van der Waals surface area (Å²) < 4.78 is 5.08. The molecule has 6 nitrogen and oxygen atoms in total. The second-order valence-corrected chi connectivity index (χ2v) is 4.96. The topological polar surface area (TPSA) is 83.4 Å². The predicted molar refractivity (Wildman–Crippen MR) is 82.2 cm³/mol. The van der Waals surface area contributed by atoms with E-state index >= 15 is 0 Å². The van der Waals surface area contributed by atoms with Crippen LogP contribution in [0.2, 0.25) is 5.02 Å². The van der Waals surface area contributed by atoms with Crippen molar-refractivity contribution in [3.63, 3.8) is 0 Å². The summed E-state index contributed by atoms with van der Waals surface area (Å²) in [6, 6.07) is 10.2. The van der Waals surface area contributed by atoms with Gasteiger partial charge in [0.2, 0.25) is 5.91 Å². The molecule has 3 amide bonds. The fourth-order valence-electron chi connectivity index (χ4n) is 1.67. The molecule has 0 unspecified atom stereocenters. The first kappa shape index (κ1) is 15.9. The maximum atomic E-state index is 11.6. The zero-order valence-corrected chi connectivity index (χ0v) is 12.5. The molecule has 0 atom stereocenters. The van der Waals surface area contributed by atoms with Gasteiger partial charge in [0.15, 0.2) is 0 Å². The highest BCUT2D eigenvalue weighted by Gasteiger charge is 2.05. The molecule has 2 rings (SSSR count). The Hall–Kier alpha value is -2.47. The van der Waals surface area contributed by atoms with Crippen molar-refractivity contribution < 1.29 is 14.0 Å². The summed E-state index contributed by atoms with van der Waals surface area (Å²) in [5.74, 6) is 0.360. The van der Waals surface area contributed by atoms with Crippen molar-refractivity contribution in [1.29, 1.82) is 0 Å². The van der Waals surface area contributed by atoms with Crippen LogP contribution in [0.1, 0.15) is 11.3 Å². The van der Waals surface area contributed by atoms with Crippen LogP contribution < -0.4 is 16.0 Å². The van der Waals surface area contributed by atoms with E-state index in [1.165, 1.54) is 6.26 Å². The van der Waals surface area contributed by atoms with Crippen molar-refractivity contribution in [2.45, 2.75) is 13.1 Å². The Bertz CT molecular complexity index is 611. The Kier molecular flexibility index (Phi) is 5.85. The molecule has 1 heterocycles. The van der Waals surface area contributed by atoms with E-state index < -0.39 is 6.03 Å². The van der Waals surface area contributed by atoms with Gasteiger partial charge < -0.3 is 20.4 Å². The van der Waals surface area contributed by atoms with Gasteiger partial charge in [-0.2, -0.15) is 0 Å². The minimum atomic E-state index is -0.414. The molecule has 2 aromatic rings. The first-order valence-electron chi connectivity index (χ1n) is 6.69. The lowest BCUT2D eigenvalue weighted by Gasteiger charge is -2.08. The quantitative estimate of drug-likeness (QED) is 0.761. The Morgan fingerprint density at radius 1 is 1.00 bits per heavy atom. The lowest BCUT2D eigenvalue weighted by molar-refractivity contribution is -0.120. The van der Waals surface area contributed by atoms with Crippen LogP contribution in [0.25, 0.3) is 0 Å². The number of carbonyl (C=O) groups excluding carboxylic acids is 2. The maximum absolute atomic E-state index is 11.6. The number of nitrogens with one attached hydrogen (secondary N) is 3. The normalized spacial score (nSPS) is 10.0. The first-order chi connectivity index (χ1) is 10.6. The maximum Gasteiger partial charge on any atom is 0.315 e. The lowest BCUT2D eigenvalue weighted by Crippen LogP contribution is -2.41. The number of furan rings is 1. The summed E-state index contributed by atoms with van der Waals surface area (Å²) in [4.78, 5) is 23.1. The zero-order valence-electron chi connectivity index (χ0n) is 11.8. The smallest absolute Gasteiger partial charge is 0.315 e. The molecule has 0 saturated carbocycles. The molecule has 116 valence electrons. The standard InChI is InChI=1S/C15H16ClN3O3/c16-12-5-3-11(4-6-12)8-18-15(21)19-10-14(20)17-9-13-2-1-7-22-13/h1-7H,8-10H2,(H,17,20)(H2,18,19,21). The van der Waals surface area contributed by atoms with E-state index in [1.54, 1.807) is 24.3 Å². The van der Waals surface area contributed by atoms with Crippen LogP contribution in [-0.4, -0.2) is 18.5 Å². The molecule has 3 N–H and O–H groups in total. The van der Waals surface area contributed by atoms with Crippen LogP contribution in [0.5, 0.6) is 0 Å². The molecule has 1 aromatic heterocycles. The Morgan fingerprint density at radius 2 is 1.77 bits per heavy atom. The molecule has 0 fully saturated rings. The summed E-state index contributed by atoms with van der Waals surface area (Å²) in [7, 11) is 0. The molecular weight excluding hydrogens is 306 g/mol. The van der Waals surface area contributed by atoms with Crippen molar-refractivity contribution in [1.82, 2.24) is 16.0 Å². The summed E-state index contributed by atoms with van der Waals surface area (Å²) in [6.45, 7) is 0.546. The molecule has 0 saturated heterocycles. The number of hydrogen-bond donors (Lipinski definition) is 3. The van der Waals surface area contributed by atoms with Crippen molar-refractivity contribution in [2.24, 2.45) is 0 Å². The van der Waals surface area contributed by atoms with Crippen LogP contribution in [-0.2, 0) is 17.9 Å². The van der Waals surface area contributed by atoms with Gasteiger partial charge in [0.25, 0.3) is 0 Å². The van der Waals surface area contributed by atoms with E-state index in [1.807, 2.05) is 12.1 Å². The van der Waals surface area contributed by atoms with Gasteiger partial charge in [0.1, 0.15) is 5.76 Å². The van der Waals surface area contributed by atoms with Crippen LogP contribution in [0.4, 0.5) is 4.79 Å². The highest BCUT2D eigenvalue weighted by molar-refractivity contribution is 6.30. The fourth-order valence-corrected chi connectivity index (χ4v) is 1.80. The average molecular weight is 322 g/mol. The molecule has 0 aliphatic heterocycles. The number of benzene rings is 1. The third kappa shape index (κ3) is 5.49. The highest BCUT2D eigenvalue weighted by Crippen LogP contribution is 2.08. The van der Waals surface area contributed by atoms with Gasteiger partial charge in [-0.1, -0.05) is 23.7 Å². The monoisotopic (exact) mass is 321 g/mol. The Morgan fingerprint density at radius 3 is 2.45 bits per heavy atom. The SMILES string of the molecule is O=C(CNC(=O)NCc1ccc(Cl)cc1)NCc1ccco1. The predicted octanol–water partition coefficient (Wildman–Crippen LogP) is 2.05. The minimum absolute atomic E-state index is 0.104. The van der Waals surface area contributed by atoms with E-state index in [0.717, 1.165) is 5.56 Å². The van der Waals surface area contributed by atoms with E-state index in [2.05, 4.69) is 16.0 Å².